The van der Waals surface area contributed by atoms with E-state index in [4.69, 9.17) is 4.98 Å². The van der Waals surface area contributed by atoms with Gasteiger partial charge in [0.05, 0.1) is 23.4 Å². The van der Waals surface area contributed by atoms with Crippen LogP contribution in [0.15, 0.2) is 36.5 Å². The molecule has 2 aromatic heterocycles. The van der Waals surface area contributed by atoms with Crippen LogP contribution in [-0.2, 0) is 11.5 Å². The first-order valence-electron chi connectivity index (χ1n) is 9.04. The van der Waals surface area contributed by atoms with Crippen molar-refractivity contribution >= 4 is 16.9 Å². The minimum Gasteiger partial charge on any atom is -0.359 e. The molecule has 3 heterocycles. The number of amides is 1. The van der Waals surface area contributed by atoms with Gasteiger partial charge in [0.1, 0.15) is 0 Å². The summed E-state index contributed by atoms with van der Waals surface area (Å²) in [6.07, 6.45) is 4.84. The zero-order valence-corrected chi connectivity index (χ0v) is 14.8. The number of hydrogen-bond acceptors (Lipinski definition) is 2. The zero-order chi connectivity index (χ0) is 17.4. The Balaban J connectivity index is 1.74. The van der Waals surface area contributed by atoms with E-state index in [1.54, 1.807) is 0 Å². The van der Waals surface area contributed by atoms with Crippen molar-refractivity contribution < 1.29 is 4.79 Å². The predicted molar refractivity (Wildman–Crippen MR) is 99.0 cm³/mol. The molecule has 0 bridgehead atoms. The lowest BCUT2D eigenvalue weighted by Crippen LogP contribution is -2.28. The summed E-state index contributed by atoms with van der Waals surface area (Å²) in [5, 5.41) is 0. The van der Waals surface area contributed by atoms with Gasteiger partial charge in [-0.1, -0.05) is 19.4 Å². The summed E-state index contributed by atoms with van der Waals surface area (Å²) in [5.74, 6) is 1.63. The van der Waals surface area contributed by atoms with Gasteiger partial charge in [-0.3, -0.25) is 4.79 Å². The Morgan fingerprint density at radius 1 is 1.32 bits per heavy atom. The number of nitrogens with zero attached hydrogens (tertiary/aromatic N) is 3. The Bertz CT molecular complexity index is 894. The molecule has 0 aliphatic carbocycles. The molecule has 0 radical (unpaired) electrons. The first kappa shape index (κ1) is 15.9. The van der Waals surface area contributed by atoms with Crippen molar-refractivity contribution in [2.75, 3.05) is 6.54 Å². The third kappa shape index (κ3) is 2.95. The van der Waals surface area contributed by atoms with Crippen LogP contribution in [-0.4, -0.2) is 31.9 Å². The van der Waals surface area contributed by atoms with Crippen LogP contribution in [0.5, 0.6) is 0 Å². The number of likely N-dealkylation sites (tertiary alicyclic amines) is 1. The molecule has 1 unspecified atom stereocenters. The van der Waals surface area contributed by atoms with Crippen molar-refractivity contribution in [3.63, 3.8) is 0 Å². The van der Waals surface area contributed by atoms with E-state index in [0.717, 1.165) is 41.9 Å². The maximum absolute atomic E-state index is 12.5. The van der Waals surface area contributed by atoms with Crippen molar-refractivity contribution in [2.45, 2.75) is 39.8 Å². The number of carbonyl (C=O) groups is 1. The van der Waals surface area contributed by atoms with E-state index in [0.29, 0.717) is 19.0 Å². The monoisotopic (exact) mass is 336 g/mol. The predicted octanol–water partition coefficient (Wildman–Crippen LogP) is 3.95. The molecule has 4 rings (SSSR count). The van der Waals surface area contributed by atoms with E-state index < -0.39 is 0 Å². The summed E-state index contributed by atoms with van der Waals surface area (Å²) in [6.45, 7) is 5.68. The van der Waals surface area contributed by atoms with Crippen molar-refractivity contribution in [1.82, 2.24) is 19.4 Å². The Hall–Kier alpha value is -2.56. The number of aromatic nitrogens is 3. The molecular formula is C20H24N4O. The lowest BCUT2D eigenvalue weighted by atomic mass is 10.0. The minimum absolute atomic E-state index is 0.255. The van der Waals surface area contributed by atoms with Gasteiger partial charge in [-0.2, -0.15) is 0 Å². The number of aryl methyl sites for hydroxylation is 1. The molecule has 0 spiro atoms. The van der Waals surface area contributed by atoms with Gasteiger partial charge in [0.2, 0.25) is 5.91 Å². The normalized spacial score (nSPS) is 17.8. The molecule has 1 saturated heterocycles. The van der Waals surface area contributed by atoms with Crippen molar-refractivity contribution in [3.8, 4) is 11.5 Å². The molecule has 5 nitrogen and oxygen atoms in total. The number of benzene rings is 1. The summed E-state index contributed by atoms with van der Waals surface area (Å²) in [6, 6.07) is 10.3. The molecule has 1 atom stereocenters. The van der Waals surface area contributed by atoms with Gasteiger partial charge in [0.15, 0.2) is 5.82 Å². The third-order valence-electron chi connectivity index (χ3n) is 5.05. The first-order chi connectivity index (χ1) is 12.2. The smallest absolute Gasteiger partial charge is 0.224 e. The molecule has 0 saturated carbocycles. The Labute approximate surface area is 147 Å². The van der Waals surface area contributed by atoms with Gasteiger partial charge in [-0.25, -0.2) is 4.98 Å². The van der Waals surface area contributed by atoms with Crippen LogP contribution in [0.3, 0.4) is 0 Å². The average molecular weight is 336 g/mol. The number of H-pyrrole nitrogens is 1. The Kier molecular flexibility index (Phi) is 4.07. The summed E-state index contributed by atoms with van der Waals surface area (Å²) in [7, 11) is 0. The van der Waals surface area contributed by atoms with Crippen LogP contribution in [0.2, 0.25) is 0 Å². The van der Waals surface area contributed by atoms with Crippen molar-refractivity contribution in [1.29, 1.82) is 0 Å². The molecule has 25 heavy (non-hydrogen) atoms. The number of hydrogen-bond donors (Lipinski definition) is 1. The highest BCUT2D eigenvalue weighted by Crippen LogP contribution is 2.28. The van der Waals surface area contributed by atoms with E-state index in [1.165, 1.54) is 5.56 Å². The second kappa shape index (κ2) is 6.39. The quantitative estimate of drug-likeness (QED) is 0.767. The second-order valence-corrected chi connectivity index (χ2v) is 7.06. The second-order valence-electron chi connectivity index (χ2n) is 7.06. The van der Waals surface area contributed by atoms with Crippen molar-refractivity contribution in [3.05, 3.63) is 42.1 Å². The van der Waals surface area contributed by atoms with Crippen LogP contribution >= 0.6 is 0 Å². The molecule has 3 aromatic rings. The molecule has 1 N–H and O–H groups in total. The zero-order valence-electron chi connectivity index (χ0n) is 14.8. The highest BCUT2D eigenvalue weighted by atomic mass is 16.2. The SMILES string of the molecule is CCCC1CC(=O)N(Cn2c(-c3ccc[nH]3)nc3ccc(C)cc32)C1. The van der Waals surface area contributed by atoms with E-state index >= 15 is 0 Å². The third-order valence-corrected chi connectivity index (χ3v) is 5.05. The number of nitrogens with one attached hydrogen (secondary N) is 1. The van der Waals surface area contributed by atoms with Gasteiger partial charge in [-0.15, -0.1) is 0 Å². The molecule has 1 aliphatic rings. The molecule has 1 aromatic carbocycles. The average Bonchev–Trinajstić information content (AvgIpc) is 3.29. The lowest BCUT2D eigenvalue weighted by molar-refractivity contribution is -0.129. The highest BCUT2D eigenvalue weighted by molar-refractivity contribution is 5.82. The summed E-state index contributed by atoms with van der Waals surface area (Å²) in [5.41, 5.74) is 4.22. The summed E-state index contributed by atoms with van der Waals surface area (Å²) in [4.78, 5) is 22.5. The first-order valence-corrected chi connectivity index (χ1v) is 9.04. The van der Waals surface area contributed by atoms with Crippen LogP contribution in [0, 0.1) is 12.8 Å². The fourth-order valence-electron chi connectivity index (χ4n) is 3.81. The molecule has 5 heteroatoms. The molecule has 1 aliphatic heterocycles. The molecule has 1 fully saturated rings. The van der Waals surface area contributed by atoms with Crippen molar-refractivity contribution in [2.24, 2.45) is 5.92 Å². The van der Waals surface area contributed by atoms with Gasteiger partial charge in [0, 0.05) is 19.2 Å². The lowest BCUT2D eigenvalue weighted by Gasteiger charge is -2.19. The number of imidazole rings is 1. The molecular weight excluding hydrogens is 312 g/mol. The Morgan fingerprint density at radius 2 is 2.20 bits per heavy atom. The minimum atomic E-state index is 0.255. The summed E-state index contributed by atoms with van der Waals surface area (Å²) < 4.78 is 2.17. The fourth-order valence-corrected chi connectivity index (χ4v) is 3.81. The summed E-state index contributed by atoms with van der Waals surface area (Å²) >= 11 is 0. The topological polar surface area (TPSA) is 53.9 Å². The Morgan fingerprint density at radius 3 is 2.96 bits per heavy atom. The number of rotatable bonds is 5. The molecule has 130 valence electrons. The molecule has 1 amide bonds. The van der Waals surface area contributed by atoms with E-state index in [-0.39, 0.29) is 5.91 Å². The van der Waals surface area contributed by atoms with Crippen LogP contribution < -0.4 is 0 Å². The van der Waals surface area contributed by atoms with Gasteiger partial charge in [-0.05, 0) is 49.1 Å². The van der Waals surface area contributed by atoms with Gasteiger partial charge in [0.25, 0.3) is 0 Å². The maximum atomic E-state index is 12.5. The number of aromatic amines is 1. The van der Waals surface area contributed by atoms with Crippen LogP contribution in [0.1, 0.15) is 31.7 Å². The fraction of sp³-hybridized carbons (Fsp3) is 0.400. The van der Waals surface area contributed by atoms with Gasteiger partial charge >= 0.3 is 0 Å². The van der Waals surface area contributed by atoms with Crippen LogP contribution in [0.25, 0.3) is 22.6 Å². The highest BCUT2D eigenvalue weighted by Gasteiger charge is 2.30. The van der Waals surface area contributed by atoms with Gasteiger partial charge < -0.3 is 14.5 Å². The maximum Gasteiger partial charge on any atom is 0.224 e. The van der Waals surface area contributed by atoms with E-state index in [1.807, 2.05) is 23.2 Å². The van der Waals surface area contributed by atoms with E-state index in [2.05, 4.69) is 41.6 Å². The van der Waals surface area contributed by atoms with E-state index in [9.17, 15) is 4.79 Å². The van der Waals surface area contributed by atoms with Crippen LogP contribution in [0.4, 0.5) is 0 Å². The standard InChI is InChI=1S/C20H24N4O/c1-3-5-15-11-19(25)23(12-15)13-24-18-10-14(2)7-8-16(18)22-20(24)17-6-4-9-21-17/h4,6-10,15,21H,3,5,11-13H2,1-2H3. The number of carbonyl (C=O) groups excluding carboxylic acids is 1. The largest absolute Gasteiger partial charge is 0.359 e. The number of fused-ring (bicyclic) bond motifs is 1.